The van der Waals surface area contributed by atoms with Crippen molar-refractivity contribution in [1.82, 2.24) is 10.3 Å². The molecule has 3 N–H and O–H groups in total. The van der Waals surface area contributed by atoms with Gasteiger partial charge in [0.2, 0.25) is 0 Å². The van der Waals surface area contributed by atoms with E-state index in [1.54, 1.807) is 18.2 Å². The molecule has 0 spiro atoms. The zero-order valence-electron chi connectivity index (χ0n) is 11.0. The second-order valence-electron chi connectivity index (χ2n) is 4.56. The molecule has 0 bridgehead atoms. The Morgan fingerprint density at radius 3 is 2.81 bits per heavy atom. The lowest BCUT2D eigenvalue weighted by atomic mass is 10.2. The van der Waals surface area contributed by atoms with Crippen LogP contribution in [-0.4, -0.2) is 23.6 Å². The van der Waals surface area contributed by atoms with E-state index in [4.69, 9.17) is 5.73 Å². The Morgan fingerprint density at radius 2 is 2.10 bits per heavy atom. The zero-order valence-corrected chi connectivity index (χ0v) is 11.9. The summed E-state index contributed by atoms with van der Waals surface area (Å²) in [6.45, 7) is 0.220. The van der Waals surface area contributed by atoms with Crippen molar-refractivity contribution in [3.05, 3.63) is 23.8 Å². The van der Waals surface area contributed by atoms with Gasteiger partial charge >= 0.3 is 6.18 Å². The van der Waals surface area contributed by atoms with Crippen LogP contribution in [-0.2, 0) is 0 Å². The average Bonchev–Trinajstić information content (AvgIpc) is 2.75. The van der Waals surface area contributed by atoms with E-state index in [2.05, 4.69) is 10.3 Å². The number of fused-ring (bicyclic) bond motifs is 1. The van der Waals surface area contributed by atoms with Crippen molar-refractivity contribution >= 4 is 32.6 Å². The van der Waals surface area contributed by atoms with Crippen molar-refractivity contribution in [1.29, 1.82) is 0 Å². The monoisotopic (exact) mass is 317 g/mol. The number of nitrogen functional groups attached to an aromatic ring is 1. The summed E-state index contributed by atoms with van der Waals surface area (Å²) in [5.74, 6) is -0.309. The first-order valence-corrected chi connectivity index (χ1v) is 7.18. The van der Waals surface area contributed by atoms with Gasteiger partial charge in [-0.25, -0.2) is 4.98 Å². The number of nitrogens with zero attached hydrogens (tertiary/aromatic N) is 1. The van der Waals surface area contributed by atoms with E-state index in [1.165, 1.54) is 11.3 Å². The van der Waals surface area contributed by atoms with Gasteiger partial charge in [0.25, 0.3) is 5.91 Å². The number of hydrogen-bond donors (Lipinski definition) is 2. The number of benzene rings is 1. The summed E-state index contributed by atoms with van der Waals surface area (Å²) in [7, 11) is 0. The molecule has 21 heavy (non-hydrogen) atoms. The average molecular weight is 317 g/mol. The smallest absolute Gasteiger partial charge is 0.375 e. The quantitative estimate of drug-likeness (QED) is 0.831. The lowest BCUT2D eigenvalue weighted by Gasteiger charge is -2.07. The van der Waals surface area contributed by atoms with Gasteiger partial charge in [0.05, 0.1) is 10.2 Å². The molecule has 0 aliphatic heterocycles. The standard InChI is InChI=1S/C13H14F3N3OS/c14-13(15,16)5-1-2-6-18-11(20)8-3-4-9-10(7-8)21-12(17)19-9/h3-4,7H,1-2,5-6H2,(H2,17,19)(H,18,20). The molecular formula is C13H14F3N3OS. The number of hydrogen-bond acceptors (Lipinski definition) is 4. The molecule has 0 saturated carbocycles. The van der Waals surface area contributed by atoms with Gasteiger partial charge in [-0.1, -0.05) is 11.3 Å². The van der Waals surface area contributed by atoms with Crippen molar-refractivity contribution in [2.75, 3.05) is 12.3 Å². The minimum atomic E-state index is -4.14. The largest absolute Gasteiger partial charge is 0.389 e. The predicted molar refractivity (Wildman–Crippen MR) is 76.3 cm³/mol. The van der Waals surface area contributed by atoms with E-state index in [-0.39, 0.29) is 18.9 Å². The SMILES string of the molecule is Nc1nc2ccc(C(=O)NCCCCC(F)(F)F)cc2s1. The fourth-order valence-electron chi connectivity index (χ4n) is 1.84. The number of unbranched alkanes of at least 4 members (excludes halogenated alkanes) is 1. The van der Waals surface area contributed by atoms with Gasteiger partial charge in [-0.2, -0.15) is 13.2 Å². The maximum atomic E-state index is 12.0. The Kier molecular flexibility index (Phi) is 4.66. The number of nitrogens with two attached hydrogens (primary N) is 1. The molecule has 1 aromatic heterocycles. The number of rotatable bonds is 5. The summed E-state index contributed by atoms with van der Waals surface area (Å²) < 4.78 is 36.7. The molecular weight excluding hydrogens is 303 g/mol. The highest BCUT2D eigenvalue weighted by atomic mass is 32.1. The van der Waals surface area contributed by atoms with E-state index in [9.17, 15) is 18.0 Å². The number of anilines is 1. The molecule has 4 nitrogen and oxygen atoms in total. The van der Waals surface area contributed by atoms with Crippen molar-refractivity contribution in [3.63, 3.8) is 0 Å². The minimum absolute atomic E-state index is 0.00813. The van der Waals surface area contributed by atoms with Crippen LogP contribution < -0.4 is 11.1 Å². The maximum Gasteiger partial charge on any atom is 0.389 e. The summed E-state index contributed by atoms with van der Waals surface area (Å²) >= 11 is 1.28. The Balaban J connectivity index is 1.84. The molecule has 8 heteroatoms. The molecule has 2 aromatic rings. The number of alkyl halides is 3. The molecule has 0 radical (unpaired) electrons. The number of aromatic nitrogens is 1. The van der Waals surface area contributed by atoms with Gasteiger partial charge in [-0.3, -0.25) is 4.79 Å². The first kappa shape index (κ1) is 15.6. The fraction of sp³-hybridized carbons (Fsp3) is 0.385. The Morgan fingerprint density at radius 1 is 1.33 bits per heavy atom. The first-order chi connectivity index (χ1) is 9.85. The highest BCUT2D eigenvalue weighted by Gasteiger charge is 2.25. The molecule has 114 valence electrons. The van der Waals surface area contributed by atoms with Crippen LogP contribution in [0.25, 0.3) is 10.2 Å². The van der Waals surface area contributed by atoms with Crippen LogP contribution in [0.5, 0.6) is 0 Å². The van der Waals surface area contributed by atoms with E-state index < -0.39 is 12.6 Å². The molecule has 1 heterocycles. The Labute approximate surface area is 123 Å². The van der Waals surface area contributed by atoms with Gasteiger partial charge in [0.15, 0.2) is 5.13 Å². The third kappa shape index (κ3) is 4.59. The minimum Gasteiger partial charge on any atom is -0.375 e. The number of carbonyl (C=O) groups excluding carboxylic acids is 1. The second-order valence-corrected chi connectivity index (χ2v) is 5.63. The van der Waals surface area contributed by atoms with E-state index >= 15 is 0 Å². The molecule has 0 unspecified atom stereocenters. The summed E-state index contributed by atoms with van der Waals surface area (Å²) in [6, 6.07) is 4.99. The van der Waals surface area contributed by atoms with Gasteiger partial charge < -0.3 is 11.1 Å². The third-order valence-corrected chi connectivity index (χ3v) is 3.69. The number of nitrogens with one attached hydrogen (secondary N) is 1. The lowest BCUT2D eigenvalue weighted by molar-refractivity contribution is -0.135. The van der Waals surface area contributed by atoms with Crippen LogP contribution in [0.15, 0.2) is 18.2 Å². The van der Waals surface area contributed by atoms with E-state index in [1.807, 2.05) is 0 Å². The fourth-order valence-corrected chi connectivity index (χ4v) is 2.61. The molecule has 2 rings (SSSR count). The van der Waals surface area contributed by atoms with Gasteiger partial charge in [-0.15, -0.1) is 0 Å². The molecule has 0 aliphatic carbocycles. The second kappa shape index (κ2) is 6.30. The van der Waals surface area contributed by atoms with Crippen LogP contribution in [0.3, 0.4) is 0 Å². The summed E-state index contributed by atoms with van der Waals surface area (Å²) in [5.41, 5.74) is 6.75. The van der Waals surface area contributed by atoms with Crippen molar-refractivity contribution in [2.24, 2.45) is 0 Å². The summed E-state index contributed by atoms with van der Waals surface area (Å²) in [6.07, 6.45) is -4.66. The summed E-state index contributed by atoms with van der Waals surface area (Å²) in [4.78, 5) is 16.0. The van der Waals surface area contributed by atoms with Gasteiger partial charge in [0.1, 0.15) is 0 Å². The summed E-state index contributed by atoms with van der Waals surface area (Å²) in [5, 5.41) is 3.03. The van der Waals surface area contributed by atoms with Crippen LogP contribution in [0, 0.1) is 0 Å². The molecule has 0 atom stereocenters. The van der Waals surface area contributed by atoms with Crippen molar-refractivity contribution < 1.29 is 18.0 Å². The van der Waals surface area contributed by atoms with E-state index in [0.29, 0.717) is 17.1 Å². The Hall–Kier alpha value is -1.83. The van der Waals surface area contributed by atoms with Crippen molar-refractivity contribution in [3.8, 4) is 0 Å². The zero-order chi connectivity index (χ0) is 15.5. The first-order valence-electron chi connectivity index (χ1n) is 6.36. The maximum absolute atomic E-state index is 12.0. The Bertz CT molecular complexity index is 639. The number of carbonyl (C=O) groups is 1. The number of amides is 1. The normalized spacial score (nSPS) is 11.8. The van der Waals surface area contributed by atoms with Gasteiger partial charge in [0, 0.05) is 18.5 Å². The van der Waals surface area contributed by atoms with Crippen LogP contribution in [0.2, 0.25) is 0 Å². The third-order valence-electron chi connectivity index (χ3n) is 2.84. The van der Waals surface area contributed by atoms with Gasteiger partial charge in [-0.05, 0) is 31.0 Å². The molecule has 1 aromatic carbocycles. The number of halogens is 3. The van der Waals surface area contributed by atoms with E-state index in [0.717, 1.165) is 10.2 Å². The predicted octanol–water partition coefficient (Wildman–Crippen LogP) is 3.34. The molecule has 0 fully saturated rings. The molecule has 1 amide bonds. The van der Waals surface area contributed by atoms with Crippen LogP contribution in [0.1, 0.15) is 29.6 Å². The van der Waals surface area contributed by atoms with Crippen LogP contribution >= 0.6 is 11.3 Å². The topological polar surface area (TPSA) is 68.0 Å². The van der Waals surface area contributed by atoms with Crippen molar-refractivity contribution in [2.45, 2.75) is 25.4 Å². The van der Waals surface area contributed by atoms with Crippen LogP contribution in [0.4, 0.5) is 18.3 Å². The highest BCUT2D eigenvalue weighted by molar-refractivity contribution is 7.22. The molecule has 0 aliphatic rings. The molecule has 0 saturated heterocycles. The number of thiazole rings is 1. The highest BCUT2D eigenvalue weighted by Crippen LogP contribution is 2.24. The lowest BCUT2D eigenvalue weighted by Crippen LogP contribution is -2.24.